The van der Waals surface area contributed by atoms with Crippen molar-refractivity contribution in [2.24, 2.45) is 5.92 Å². The van der Waals surface area contributed by atoms with Gasteiger partial charge in [-0.3, -0.25) is 0 Å². The Hall–Kier alpha value is -0.910. The van der Waals surface area contributed by atoms with Crippen molar-refractivity contribution in [2.75, 3.05) is 19.8 Å². The summed E-state index contributed by atoms with van der Waals surface area (Å²) in [6, 6.07) is 0. The van der Waals surface area contributed by atoms with Crippen molar-refractivity contribution in [3.05, 3.63) is 11.6 Å². The average molecular weight is 270 g/mol. The highest BCUT2D eigenvalue weighted by Crippen LogP contribution is 2.34. The van der Waals surface area contributed by atoms with Crippen molar-refractivity contribution in [3.63, 3.8) is 0 Å². The van der Waals surface area contributed by atoms with Gasteiger partial charge < -0.3 is 18.9 Å². The molecule has 0 amide bonds. The summed E-state index contributed by atoms with van der Waals surface area (Å²) in [5, 5.41) is 0. The second kappa shape index (κ2) is 5.61. The van der Waals surface area contributed by atoms with Crippen LogP contribution in [-0.4, -0.2) is 43.8 Å². The van der Waals surface area contributed by atoms with Crippen LogP contribution in [0, 0.1) is 5.92 Å². The predicted octanol–water partition coefficient (Wildman–Crippen LogP) is 1.66. The van der Waals surface area contributed by atoms with Crippen LogP contribution in [0.4, 0.5) is 0 Å². The Morgan fingerprint density at radius 1 is 1.47 bits per heavy atom. The number of hydrogen-bond donors (Lipinski definition) is 0. The molecule has 0 aliphatic carbocycles. The third-order valence-corrected chi connectivity index (χ3v) is 3.36. The molecule has 0 aromatic heterocycles. The van der Waals surface area contributed by atoms with Gasteiger partial charge in [-0.2, -0.15) is 0 Å². The van der Waals surface area contributed by atoms with Crippen LogP contribution in [0.2, 0.25) is 0 Å². The van der Waals surface area contributed by atoms with E-state index in [1.807, 2.05) is 20.8 Å². The lowest BCUT2D eigenvalue weighted by molar-refractivity contribution is -0.149. The number of carbonyl (C=O) groups is 1. The molecule has 0 bridgehead atoms. The fourth-order valence-corrected chi connectivity index (χ4v) is 2.45. The van der Waals surface area contributed by atoms with Gasteiger partial charge >= 0.3 is 5.97 Å². The molecule has 5 nitrogen and oxygen atoms in total. The molecule has 0 aromatic carbocycles. The molecule has 2 aliphatic rings. The van der Waals surface area contributed by atoms with E-state index in [0.29, 0.717) is 19.8 Å². The second-order valence-electron chi connectivity index (χ2n) is 5.42. The number of ether oxygens (including phenoxy) is 4. The zero-order valence-electron chi connectivity index (χ0n) is 12.0. The van der Waals surface area contributed by atoms with E-state index >= 15 is 0 Å². The third-order valence-electron chi connectivity index (χ3n) is 3.36. The van der Waals surface area contributed by atoms with Gasteiger partial charge in [0.1, 0.15) is 12.2 Å². The number of esters is 1. The Morgan fingerprint density at radius 3 is 2.79 bits per heavy atom. The van der Waals surface area contributed by atoms with Crippen molar-refractivity contribution < 1.29 is 23.7 Å². The van der Waals surface area contributed by atoms with Gasteiger partial charge in [-0.25, -0.2) is 4.79 Å². The van der Waals surface area contributed by atoms with E-state index in [1.165, 1.54) is 0 Å². The van der Waals surface area contributed by atoms with Crippen LogP contribution >= 0.6 is 0 Å². The lowest BCUT2D eigenvalue weighted by Crippen LogP contribution is -2.32. The minimum atomic E-state index is -0.588. The molecule has 2 rings (SSSR count). The first-order chi connectivity index (χ1) is 8.93. The van der Waals surface area contributed by atoms with Crippen LogP contribution in [0.1, 0.15) is 27.7 Å². The molecule has 2 aliphatic heterocycles. The molecule has 0 unspecified atom stereocenters. The summed E-state index contributed by atoms with van der Waals surface area (Å²) in [4.78, 5) is 11.6. The second-order valence-corrected chi connectivity index (χ2v) is 5.42. The third kappa shape index (κ3) is 3.35. The normalized spacial score (nSPS) is 35.8. The Morgan fingerprint density at radius 2 is 2.21 bits per heavy atom. The minimum absolute atomic E-state index is 0.166. The first-order valence-corrected chi connectivity index (χ1v) is 6.74. The van der Waals surface area contributed by atoms with Crippen LogP contribution in [0.25, 0.3) is 0 Å². The maximum absolute atomic E-state index is 11.6. The van der Waals surface area contributed by atoms with E-state index in [4.69, 9.17) is 18.9 Å². The zero-order chi connectivity index (χ0) is 14.0. The van der Waals surface area contributed by atoms with Gasteiger partial charge in [-0.05, 0) is 26.3 Å². The lowest BCUT2D eigenvalue weighted by atomic mass is 9.96. The Balaban J connectivity index is 2.09. The van der Waals surface area contributed by atoms with Crippen LogP contribution in [-0.2, 0) is 23.7 Å². The molecular weight excluding hydrogens is 248 g/mol. The quantitative estimate of drug-likeness (QED) is 0.576. The SMILES string of the molecule is CCOC(=O)/C=C1/[C@@H](C)CO[C@@H]1[C@H]1COC(C)(C)O1. The van der Waals surface area contributed by atoms with E-state index in [-0.39, 0.29) is 24.1 Å². The summed E-state index contributed by atoms with van der Waals surface area (Å²) in [5.74, 6) is -0.714. The summed E-state index contributed by atoms with van der Waals surface area (Å²) in [5.41, 5.74) is 0.935. The van der Waals surface area contributed by atoms with Crippen molar-refractivity contribution in [2.45, 2.75) is 45.7 Å². The van der Waals surface area contributed by atoms with Crippen molar-refractivity contribution in [1.29, 1.82) is 0 Å². The number of rotatable bonds is 3. The minimum Gasteiger partial charge on any atom is -0.463 e. The highest BCUT2D eigenvalue weighted by atomic mass is 16.7. The van der Waals surface area contributed by atoms with Gasteiger partial charge in [0.25, 0.3) is 0 Å². The lowest BCUT2D eigenvalue weighted by Gasteiger charge is -2.21. The summed E-state index contributed by atoms with van der Waals surface area (Å²) in [7, 11) is 0. The van der Waals surface area contributed by atoms with E-state index in [1.54, 1.807) is 13.0 Å². The van der Waals surface area contributed by atoms with E-state index in [2.05, 4.69) is 0 Å². The van der Waals surface area contributed by atoms with Gasteiger partial charge in [0.05, 0.1) is 19.8 Å². The molecule has 108 valence electrons. The highest BCUT2D eigenvalue weighted by Gasteiger charge is 2.43. The molecule has 2 heterocycles. The molecule has 2 saturated heterocycles. The maximum atomic E-state index is 11.6. The zero-order valence-corrected chi connectivity index (χ0v) is 12.0. The van der Waals surface area contributed by atoms with Gasteiger partial charge in [0, 0.05) is 12.0 Å². The summed E-state index contributed by atoms with van der Waals surface area (Å²) >= 11 is 0. The smallest absolute Gasteiger partial charge is 0.330 e. The molecule has 0 aromatic rings. The number of hydrogen-bond acceptors (Lipinski definition) is 5. The van der Waals surface area contributed by atoms with Crippen LogP contribution in [0.5, 0.6) is 0 Å². The monoisotopic (exact) mass is 270 g/mol. The Labute approximate surface area is 113 Å². The van der Waals surface area contributed by atoms with Crippen LogP contribution in [0.15, 0.2) is 11.6 Å². The van der Waals surface area contributed by atoms with E-state index < -0.39 is 5.79 Å². The summed E-state index contributed by atoms with van der Waals surface area (Å²) < 4.78 is 22.1. The molecule has 0 saturated carbocycles. The standard InChI is InChI=1S/C14H22O5/c1-5-16-12(15)6-10-9(2)7-17-13(10)11-8-18-14(3,4)19-11/h6,9,11,13H,5,7-8H2,1-4H3/b10-6-/t9-,11+,13-/m0/s1. The Bertz CT molecular complexity index is 374. The molecule has 0 radical (unpaired) electrons. The fourth-order valence-electron chi connectivity index (χ4n) is 2.45. The van der Waals surface area contributed by atoms with Gasteiger partial charge in [0.15, 0.2) is 5.79 Å². The summed E-state index contributed by atoms with van der Waals surface area (Å²) in [6.45, 7) is 9.02. The van der Waals surface area contributed by atoms with Crippen LogP contribution in [0.3, 0.4) is 0 Å². The van der Waals surface area contributed by atoms with E-state index in [0.717, 1.165) is 5.57 Å². The molecule has 19 heavy (non-hydrogen) atoms. The molecule has 0 spiro atoms. The molecule has 0 N–H and O–H groups in total. The number of carbonyl (C=O) groups excluding carboxylic acids is 1. The fraction of sp³-hybridized carbons (Fsp3) is 0.786. The molecule has 2 fully saturated rings. The first kappa shape index (κ1) is 14.5. The average Bonchev–Trinajstić information content (AvgIpc) is 2.84. The van der Waals surface area contributed by atoms with Crippen molar-refractivity contribution >= 4 is 5.97 Å². The van der Waals surface area contributed by atoms with Crippen molar-refractivity contribution in [3.8, 4) is 0 Å². The summed E-state index contributed by atoms with van der Waals surface area (Å²) in [6.07, 6.45) is 1.15. The molecule has 3 atom stereocenters. The van der Waals surface area contributed by atoms with E-state index in [9.17, 15) is 4.79 Å². The molecule has 5 heteroatoms. The van der Waals surface area contributed by atoms with Gasteiger partial charge in [0.2, 0.25) is 0 Å². The molecular formula is C14H22O5. The van der Waals surface area contributed by atoms with Crippen molar-refractivity contribution in [1.82, 2.24) is 0 Å². The highest BCUT2D eigenvalue weighted by molar-refractivity contribution is 5.83. The van der Waals surface area contributed by atoms with Gasteiger partial charge in [-0.1, -0.05) is 6.92 Å². The first-order valence-electron chi connectivity index (χ1n) is 6.74. The van der Waals surface area contributed by atoms with Gasteiger partial charge in [-0.15, -0.1) is 0 Å². The van der Waals surface area contributed by atoms with Crippen LogP contribution < -0.4 is 0 Å². The topological polar surface area (TPSA) is 54.0 Å². The largest absolute Gasteiger partial charge is 0.463 e. The Kier molecular flexibility index (Phi) is 4.28. The maximum Gasteiger partial charge on any atom is 0.330 e. The predicted molar refractivity (Wildman–Crippen MR) is 68.5 cm³/mol.